The Morgan fingerprint density at radius 1 is 1.57 bits per heavy atom. The molecule has 0 spiro atoms. The van der Waals surface area contributed by atoms with E-state index in [4.69, 9.17) is 10.5 Å². The van der Waals surface area contributed by atoms with E-state index < -0.39 is 5.82 Å². The molecule has 0 saturated carbocycles. The van der Waals surface area contributed by atoms with Gasteiger partial charge < -0.3 is 10.5 Å². The summed E-state index contributed by atoms with van der Waals surface area (Å²) in [5.74, 6) is -0.984. The zero-order chi connectivity index (χ0) is 10.7. The van der Waals surface area contributed by atoms with Crippen LogP contribution in [-0.2, 0) is 0 Å². The minimum atomic E-state index is -0.645. The number of anilines is 1. The second kappa shape index (κ2) is 4.09. The third-order valence-corrected chi connectivity index (χ3v) is 1.74. The van der Waals surface area contributed by atoms with Crippen LogP contribution in [0.5, 0.6) is 5.75 Å². The summed E-state index contributed by atoms with van der Waals surface area (Å²) in [5, 5.41) is 0. The maximum atomic E-state index is 13.5. The number of nitrogens with two attached hydrogens (primary N) is 1. The third kappa shape index (κ3) is 2.02. The Labute approximate surface area is 81.7 Å². The number of rotatable bonds is 3. The molecule has 3 nitrogen and oxygen atoms in total. The maximum Gasteiger partial charge on any atom is 0.175 e. The number of ether oxygens (including phenoxy) is 1. The predicted octanol–water partition coefficient (Wildman–Crippen LogP) is 2.01. The summed E-state index contributed by atoms with van der Waals surface area (Å²) >= 11 is 0. The van der Waals surface area contributed by atoms with Crippen LogP contribution in [-0.4, -0.2) is 12.4 Å². The fraction of sp³-hybridized carbons (Fsp3) is 0.300. The molecule has 0 heterocycles. The third-order valence-electron chi connectivity index (χ3n) is 1.74. The van der Waals surface area contributed by atoms with E-state index >= 15 is 0 Å². The van der Waals surface area contributed by atoms with E-state index in [1.165, 1.54) is 19.1 Å². The number of hydrogen-bond acceptors (Lipinski definition) is 3. The van der Waals surface area contributed by atoms with Gasteiger partial charge in [0, 0.05) is 11.8 Å². The lowest BCUT2D eigenvalue weighted by Crippen LogP contribution is -2.03. The summed E-state index contributed by atoms with van der Waals surface area (Å²) in [6, 6.07) is 2.67. The van der Waals surface area contributed by atoms with Crippen LogP contribution in [0, 0.1) is 5.82 Å². The van der Waals surface area contributed by atoms with E-state index in [9.17, 15) is 9.18 Å². The number of carbonyl (C=O) groups is 1. The van der Waals surface area contributed by atoms with Crippen LogP contribution in [0.4, 0.5) is 10.1 Å². The quantitative estimate of drug-likeness (QED) is 0.595. The molecule has 0 saturated heterocycles. The largest absolute Gasteiger partial charge is 0.491 e. The van der Waals surface area contributed by atoms with Crippen LogP contribution in [0.25, 0.3) is 0 Å². The standard InChI is InChI=1S/C10H12FNO2/c1-3-14-9-5-7(12)4-8(6(2)13)10(9)11/h4-5H,3,12H2,1-2H3. The summed E-state index contributed by atoms with van der Waals surface area (Å²) in [6.45, 7) is 3.35. The van der Waals surface area contributed by atoms with Crippen LogP contribution >= 0.6 is 0 Å². The average molecular weight is 197 g/mol. The van der Waals surface area contributed by atoms with E-state index in [0.717, 1.165) is 0 Å². The van der Waals surface area contributed by atoms with Crippen molar-refractivity contribution in [1.29, 1.82) is 0 Å². The number of ketones is 1. The molecule has 1 aromatic carbocycles. The number of benzene rings is 1. The summed E-state index contributed by atoms with van der Waals surface area (Å²) in [4.78, 5) is 11.0. The van der Waals surface area contributed by atoms with Gasteiger partial charge in [0.15, 0.2) is 17.3 Å². The van der Waals surface area contributed by atoms with Crippen molar-refractivity contribution >= 4 is 11.5 Å². The van der Waals surface area contributed by atoms with Crippen LogP contribution in [0.15, 0.2) is 12.1 Å². The molecule has 0 bridgehead atoms. The molecule has 0 aliphatic rings. The zero-order valence-electron chi connectivity index (χ0n) is 8.13. The molecule has 0 amide bonds. The summed E-state index contributed by atoms with van der Waals surface area (Å²) in [6.07, 6.45) is 0. The van der Waals surface area contributed by atoms with Crippen molar-refractivity contribution in [3.8, 4) is 5.75 Å². The van der Waals surface area contributed by atoms with Crippen LogP contribution in [0.3, 0.4) is 0 Å². The molecule has 0 unspecified atom stereocenters. The minimum absolute atomic E-state index is 0.0256. The van der Waals surface area contributed by atoms with Crippen molar-refractivity contribution in [1.82, 2.24) is 0 Å². The molecule has 0 aliphatic carbocycles. The van der Waals surface area contributed by atoms with Gasteiger partial charge in [-0.2, -0.15) is 0 Å². The Kier molecular flexibility index (Phi) is 3.06. The van der Waals surface area contributed by atoms with Crippen molar-refractivity contribution in [3.05, 3.63) is 23.5 Å². The highest BCUT2D eigenvalue weighted by Gasteiger charge is 2.13. The molecule has 2 N–H and O–H groups in total. The minimum Gasteiger partial charge on any atom is -0.491 e. The molecule has 1 rings (SSSR count). The van der Waals surface area contributed by atoms with Gasteiger partial charge >= 0.3 is 0 Å². The normalized spacial score (nSPS) is 9.93. The number of halogens is 1. The molecule has 4 heteroatoms. The first-order valence-corrected chi connectivity index (χ1v) is 4.29. The first-order chi connectivity index (χ1) is 6.56. The Balaban J connectivity index is 3.24. The first kappa shape index (κ1) is 10.5. The van der Waals surface area contributed by atoms with Gasteiger partial charge in [0.25, 0.3) is 0 Å². The molecule has 76 valence electrons. The smallest absolute Gasteiger partial charge is 0.175 e. The van der Waals surface area contributed by atoms with Gasteiger partial charge in [-0.05, 0) is 19.9 Å². The Morgan fingerprint density at radius 2 is 2.21 bits per heavy atom. The summed E-state index contributed by atoms with van der Waals surface area (Å²) in [5.41, 5.74) is 5.78. The predicted molar refractivity (Wildman–Crippen MR) is 52.0 cm³/mol. The second-order valence-corrected chi connectivity index (χ2v) is 2.87. The molecular formula is C10H12FNO2. The Morgan fingerprint density at radius 3 is 2.71 bits per heavy atom. The molecule has 0 fully saturated rings. The fourth-order valence-electron chi connectivity index (χ4n) is 1.14. The molecule has 0 aromatic heterocycles. The van der Waals surface area contributed by atoms with Crippen LogP contribution in [0.2, 0.25) is 0 Å². The molecular weight excluding hydrogens is 185 g/mol. The summed E-state index contributed by atoms with van der Waals surface area (Å²) < 4.78 is 18.5. The van der Waals surface area contributed by atoms with Crippen molar-refractivity contribution < 1.29 is 13.9 Å². The van der Waals surface area contributed by atoms with Crippen molar-refractivity contribution in [3.63, 3.8) is 0 Å². The zero-order valence-corrected chi connectivity index (χ0v) is 8.13. The lowest BCUT2D eigenvalue weighted by molar-refractivity contribution is 0.101. The highest BCUT2D eigenvalue weighted by molar-refractivity contribution is 5.95. The average Bonchev–Trinajstić information content (AvgIpc) is 2.10. The van der Waals surface area contributed by atoms with E-state index in [0.29, 0.717) is 12.3 Å². The first-order valence-electron chi connectivity index (χ1n) is 4.29. The molecule has 0 radical (unpaired) electrons. The van der Waals surface area contributed by atoms with Crippen molar-refractivity contribution in [2.45, 2.75) is 13.8 Å². The number of hydrogen-bond donors (Lipinski definition) is 1. The fourth-order valence-corrected chi connectivity index (χ4v) is 1.14. The van der Waals surface area contributed by atoms with Crippen LogP contribution in [0.1, 0.15) is 24.2 Å². The van der Waals surface area contributed by atoms with Gasteiger partial charge in [0.2, 0.25) is 0 Å². The maximum absolute atomic E-state index is 13.5. The van der Waals surface area contributed by atoms with E-state index in [1.807, 2.05) is 0 Å². The molecule has 0 atom stereocenters. The number of nitrogen functional groups attached to an aromatic ring is 1. The topological polar surface area (TPSA) is 52.3 Å². The highest BCUT2D eigenvalue weighted by atomic mass is 19.1. The van der Waals surface area contributed by atoms with Crippen molar-refractivity contribution in [2.75, 3.05) is 12.3 Å². The van der Waals surface area contributed by atoms with Gasteiger partial charge in [-0.25, -0.2) is 4.39 Å². The van der Waals surface area contributed by atoms with Crippen molar-refractivity contribution in [2.24, 2.45) is 0 Å². The molecule has 1 aromatic rings. The highest BCUT2D eigenvalue weighted by Crippen LogP contribution is 2.24. The molecule has 14 heavy (non-hydrogen) atoms. The Hall–Kier alpha value is -1.58. The SMILES string of the molecule is CCOc1cc(N)cc(C(C)=O)c1F. The lowest BCUT2D eigenvalue weighted by atomic mass is 10.1. The van der Waals surface area contributed by atoms with Gasteiger partial charge in [-0.3, -0.25) is 4.79 Å². The number of Topliss-reactive ketones (excluding diaryl/α,β-unsaturated/α-hetero) is 1. The summed E-state index contributed by atoms with van der Waals surface area (Å²) in [7, 11) is 0. The van der Waals surface area contributed by atoms with E-state index in [2.05, 4.69) is 0 Å². The van der Waals surface area contributed by atoms with Crippen LogP contribution < -0.4 is 10.5 Å². The Bertz CT molecular complexity index is 363. The number of carbonyl (C=O) groups excluding carboxylic acids is 1. The lowest BCUT2D eigenvalue weighted by Gasteiger charge is -2.08. The van der Waals surface area contributed by atoms with Gasteiger partial charge in [-0.15, -0.1) is 0 Å². The second-order valence-electron chi connectivity index (χ2n) is 2.87. The van der Waals surface area contributed by atoms with E-state index in [-0.39, 0.29) is 17.1 Å². The van der Waals surface area contributed by atoms with Gasteiger partial charge in [0.05, 0.1) is 12.2 Å². The van der Waals surface area contributed by atoms with E-state index in [1.54, 1.807) is 6.92 Å². The molecule has 0 aliphatic heterocycles. The van der Waals surface area contributed by atoms with Gasteiger partial charge in [0.1, 0.15) is 0 Å². The monoisotopic (exact) mass is 197 g/mol. The van der Waals surface area contributed by atoms with Gasteiger partial charge in [-0.1, -0.05) is 0 Å².